The first-order chi connectivity index (χ1) is 8.24. The fourth-order valence-electron chi connectivity index (χ4n) is 1.34. The van der Waals surface area contributed by atoms with Gasteiger partial charge in [0.15, 0.2) is 5.69 Å². The van der Waals surface area contributed by atoms with Crippen molar-refractivity contribution in [3.05, 3.63) is 11.4 Å². The first kappa shape index (κ1) is 14.0. The molecule has 0 aliphatic rings. The zero-order chi connectivity index (χ0) is 12.7. The molecule has 0 spiro atoms. The molecule has 1 heterocycles. The van der Waals surface area contributed by atoms with Crippen molar-refractivity contribution in [2.24, 2.45) is 0 Å². The highest BCUT2D eigenvalue weighted by Crippen LogP contribution is 2.10. The summed E-state index contributed by atoms with van der Waals surface area (Å²) in [5.41, 5.74) is 0.895. The lowest BCUT2D eigenvalue weighted by molar-refractivity contribution is 0.0588. The average Bonchev–Trinajstić information content (AvgIpc) is 2.73. The number of aryl methyl sites for hydroxylation is 1. The third kappa shape index (κ3) is 3.71. The lowest BCUT2D eigenvalue weighted by atomic mass is 10.3. The van der Waals surface area contributed by atoms with Gasteiger partial charge in [-0.1, -0.05) is 12.1 Å². The number of hydrogen-bond acceptors (Lipinski definition) is 6. The van der Waals surface area contributed by atoms with Gasteiger partial charge in [0.2, 0.25) is 0 Å². The van der Waals surface area contributed by atoms with Gasteiger partial charge in [-0.15, -0.1) is 5.10 Å². The SMILES string of the molecule is CCSCCn1nnc(C(=O)OC)c1COC. The van der Waals surface area contributed by atoms with Gasteiger partial charge in [-0.3, -0.25) is 0 Å². The van der Waals surface area contributed by atoms with E-state index in [4.69, 9.17) is 4.74 Å². The van der Waals surface area contributed by atoms with Crippen LogP contribution in [0.4, 0.5) is 0 Å². The highest BCUT2D eigenvalue weighted by Gasteiger charge is 2.19. The summed E-state index contributed by atoms with van der Waals surface area (Å²) in [6, 6.07) is 0. The molecule has 96 valence electrons. The summed E-state index contributed by atoms with van der Waals surface area (Å²) in [5, 5.41) is 7.78. The van der Waals surface area contributed by atoms with Crippen LogP contribution in [0.1, 0.15) is 23.1 Å². The van der Waals surface area contributed by atoms with Gasteiger partial charge in [-0.2, -0.15) is 11.8 Å². The smallest absolute Gasteiger partial charge is 0.360 e. The van der Waals surface area contributed by atoms with Gasteiger partial charge in [0, 0.05) is 12.9 Å². The number of carbonyl (C=O) groups excluding carboxylic acids is 1. The number of esters is 1. The first-order valence-electron chi connectivity index (χ1n) is 5.31. The van der Waals surface area contributed by atoms with Crippen molar-refractivity contribution < 1.29 is 14.3 Å². The molecule has 7 heteroatoms. The Balaban J connectivity index is 2.82. The first-order valence-corrected chi connectivity index (χ1v) is 6.47. The molecule has 0 atom stereocenters. The number of rotatable bonds is 7. The molecule has 6 nitrogen and oxygen atoms in total. The van der Waals surface area contributed by atoms with Crippen molar-refractivity contribution in [3.8, 4) is 0 Å². The Labute approximate surface area is 105 Å². The van der Waals surface area contributed by atoms with Crippen molar-refractivity contribution in [1.82, 2.24) is 15.0 Å². The summed E-state index contributed by atoms with van der Waals surface area (Å²) in [6.07, 6.45) is 0. The number of thioether (sulfide) groups is 1. The lowest BCUT2D eigenvalue weighted by Gasteiger charge is -2.05. The third-order valence-electron chi connectivity index (χ3n) is 2.15. The molecule has 1 aromatic rings. The van der Waals surface area contributed by atoms with Gasteiger partial charge in [0.25, 0.3) is 0 Å². The van der Waals surface area contributed by atoms with Gasteiger partial charge in [0.05, 0.1) is 26.0 Å². The Bertz CT molecular complexity index is 368. The van der Waals surface area contributed by atoms with E-state index in [2.05, 4.69) is 22.0 Å². The van der Waals surface area contributed by atoms with Crippen LogP contribution in [-0.4, -0.2) is 46.7 Å². The Kier molecular flexibility index (Phi) is 5.99. The van der Waals surface area contributed by atoms with E-state index < -0.39 is 5.97 Å². The van der Waals surface area contributed by atoms with Crippen LogP contribution in [0.3, 0.4) is 0 Å². The topological polar surface area (TPSA) is 66.2 Å². The standard InChI is InChI=1S/C10H17N3O3S/c1-4-17-6-5-13-8(7-15-2)9(11-12-13)10(14)16-3/h4-7H2,1-3H3. The predicted molar refractivity (Wildman–Crippen MR) is 65.1 cm³/mol. The minimum absolute atomic E-state index is 0.232. The molecule has 0 amide bonds. The number of hydrogen-bond donors (Lipinski definition) is 0. The average molecular weight is 259 g/mol. The molecule has 0 N–H and O–H groups in total. The van der Waals surface area contributed by atoms with Crippen LogP contribution in [0.25, 0.3) is 0 Å². The zero-order valence-corrected chi connectivity index (χ0v) is 11.1. The molecule has 0 saturated carbocycles. The van der Waals surface area contributed by atoms with Gasteiger partial charge in [0.1, 0.15) is 0 Å². The van der Waals surface area contributed by atoms with Gasteiger partial charge >= 0.3 is 5.97 Å². The van der Waals surface area contributed by atoms with Crippen molar-refractivity contribution in [3.63, 3.8) is 0 Å². The number of methoxy groups -OCH3 is 2. The molecule has 0 saturated heterocycles. The summed E-state index contributed by atoms with van der Waals surface area (Å²) >= 11 is 1.81. The molecular formula is C10H17N3O3S. The fraction of sp³-hybridized carbons (Fsp3) is 0.700. The van der Waals surface area contributed by atoms with Gasteiger partial charge in [-0.25, -0.2) is 9.48 Å². The highest BCUT2D eigenvalue weighted by atomic mass is 32.2. The normalized spacial score (nSPS) is 10.5. The molecule has 0 fully saturated rings. The predicted octanol–water partition coefficient (Wildman–Crippen LogP) is 0.964. The molecule has 0 unspecified atom stereocenters. The number of carbonyl (C=O) groups is 1. The molecule has 1 aromatic heterocycles. The second kappa shape index (κ2) is 7.29. The minimum atomic E-state index is -0.480. The monoisotopic (exact) mass is 259 g/mol. The Morgan fingerprint density at radius 3 is 2.82 bits per heavy atom. The third-order valence-corrected chi connectivity index (χ3v) is 3.03. The van der Waals surface area contributed by atoms with Gasteiger partial charge in [-0.05, 0) is 5.75 Å². The Morgan fingerprint density at radius 1 is 1.47 bits per heavy atom. The van der Waals surface area contributed by atoms with Crippen LogP contribution >= 0.6 is 11.8 Å². The minimum Gasteiger partial charge on any atom is -0.464 e. The van der Waals surface area contributed by atoms with Crippen LogP contribution in [0, 0.1) is 0 Å². The summed E-state index contributed by atoms with van der Waals surface area (Å²) in [5.74, 6) is 1.50. The van der Waals surface area contributed by atoms with E-state index in [1.165, 1.54) is 7.11 Å². The van der Waals surface area contributed by atoms with Crippen LogP contribution in [-0.2, 0) is 22.6 Å². The van der Waals surface area contributed by atoms with Crippen LogP contribution in [0.5, 0.6) is 0 Å². The van der Waals surface area contributed by atoms with Crippen molar-refractivity contribution in [1.29, 1.82) is 0 Å². The molecule has 0 aromatic carbocycles. The summed E-state index contributed by atoms with van der Waals surface area (Å²) in [4.78, 5) is 11.5. The Hall–Kier alpha value is -1.08. The fourth-order valence-corrected chi connectivity index (χ4v) is 1.93. The largest absolute Gasteiger partial charge is 0.464 e. The molecule has 17 heavy (non-hydrogen) atoms. The number of nitrogens with zero attached hydrogens (tertiary/aromatic N) is 3. The van der Waals surface area contributed by atoms with Crippen LogP contribution in [0.15, 0.2) is 0 Å². The summed E-state index contributed by atoms with van der Waals surface area (Å²) in [7, 11) is 2.89. The van der Waals surface area contributed by atoms with E-state index in [0.29, 0.717) is 18.8 Å². The molecule has 0 aliphatic carbocycles. The molecular weight excluding hydrogens is 242 g/mol. The van der Waals surface area contributed by atoms with Crippen LogP contribution < -0.4 is 0 Å². The molecule has 0 aliphatic heterocycles. The van der Waals surface area contributed by atoms with E-state index in [1.54, 1.807) is 11.8 Å². The summed E-state index contributed by atoms with van der Waals surface area (Å²) < 4.78 is 11.4. The molecule has 0 radical (unpaired) electrons. The maximum absolute atomic E-state index is 11.5. The quantitative estimate of drug-likeness (QED) is 0.537. The number of aromatic nitrogens is 3. The number of ether oxygens (including phenoxy) is 2. The maximum atomic E-state index is 11.5. The lowest BCUT2D eigenvalue weighted by Crippen LogP contribution is -2.11. The Morgan fingerprint density at radius 2 is 2.24 bits per heavy atom. The maximum Gasteiger partial charge on any atom is 0.360 e. The van der Waals surface area contributed by atoms with E-state index in [0.717, 1.165) is 11.5 Å². The van der Waals surface area contributed by atoms with E-state index in [9.17, 15) is 4.79 Å². The van der Waals surface area contributed by atoms with Gasteiger partial charge < -0.3 is 9.47 Å². The van der Waals surface area contributed by atoms with Crippen LogP contribution in [0.2, 0.25) is 0 Å². The second-order valence-electron chi connectivity index (χ2n) is 3.23. The summed E-state index contributed by atoms with van der Waals surface area (Å²) in [6.45, 7) is 3.11. The molecule has 1 rings (SSSR count). The molecule has 0 bridgehead atoms. The zero-order valence-electron chi connectivity index (χ0n) is 10.3. The van der Waals surface area contributed by atoms with Crippen molar-refractivity contribution in [2.75, 3.05) is 25.7 Å². The van der Waals surface area contributed by atoms with E-state index in [1.807, 2.05) is 11.8 Å². The highest BCUT2D eigenvalue weighted by molar-refractivity contribution is 7.99. The van der Waals surface area contributed by atoms with E-state index in [-0.39, 0.29) is 5.69 Å². The van der Waals surface area contributed by atoms with E-state index >= 15 is 0 Å². The van der Waals surface area contributed by atoms with Crippen molar-refractivity contribution in [2.45, 2.75) is 20.1 Å². The second-order valence-corrected chi connectivity index (χ2v) is 4.62. The van der Waals surface area contributed by atoms with Crippen molar-refractivity contribution >= 4 is 17.7 Å².